The summed E-state index contributed by atoms with van der Waals surface area (Å²) in [6.45, 7) is 1.71. The number of fused-ring (bicyclic) bond motifs is 1. The highest BCUT2D eigenvalue weighted by Gasteiger charge is 2.21. The molecule has 0 atom stereocenters. The molecule has 3 N–H and O–H groups in total. The highest BCUT2D eigenvalue weighted by Crippen LogP contribution is 2.28. The van der Waals surface area contributed by atoms with Crippen molar-refractivity contribution in [2.75, 3.05) is 10.0 Å². The Labute approximate surface area is 177 Å². The molecule has 0 aliphatic heterocycles. The molecule has 148 valence electrons. The standard InChI is InChI=1S/C18H15ClN6O2S2/c1-10-7-16(15(28)8-13(10)19)29(26,27)25-18-22-17(23-24-18)21-14-4-2-3-11-9-20-6-5-12(11)14/h2-9,28H,1H3,(H3,21,22,23,24,25). The fourth-order valence-electron chi connectivity index (χ4n) is 2.76. The van der Waals surface area contributed by atoms with Crippen molar-refractivity contribution < 1.29 is 8.42 Å². The van der Waals surface area contributed by atoms with Crippen molar-refractivity contribution in [1.82, 2.24) is 20.2 Å². The average Bonchev–Trinajstić information content (AvgIpc) is 3.11. The molecular formula is C18H15ClN6O2S2. The minimum Gasteiger partial charge on any atom is -0.324 e. The van der Waals surface area contributed by atoms with Gasteiger partial charge in [-0.1, -0.05) is 23.7 Å². The van der Waals surface area contributed by atoms with Gasteiger partial charge in [0.1, 0.15) is 4.90 Å². The Morgan fingerprint density at radius 1 is 1.21 bits per heavy atom. The maximum absolute atomic E-state index is 12.7. The molecule has 0 fully saturated rings. The Morgan fingerprint density at radius 2 is 2.03 bits per heavy atom. The summed E-state index contributed by atoms with van der Waals surface area (Å²) in [5, 5.41) is 12.0. The minimum absolute atomic E-state index is 0.0106. The first-order valence-corrected chi connectivity index (χ1v) is 10.7. The molecule has 2 heterocycles. The molecule has 2 aromatic carbocycles. The third-order valence-corrected chi connectivity index (χ3v) is 6.47. The van der Waals surface area contributed by atoms with Crippen LogP contribution in [0.2, 0.25) is 5.02 Å². The van der Waals surface area contributed by atoms with Crippen molar-refractivity contribution in [2.45, 2.75) is 16.7 Å². The number of H-pyrrole nitrogens is 1. The van der Waals surface area contributed by atoms with Crippen LogP contribution >= 0.6 is 24.2 Å². The molecule has 0 amide bonds. The molecule has 0 spiro atoms. The predicted molar refractivity (Wildman–Crippen MR) is 116 cm³/mol. The van der Waals surface area contributed by atoms with E-state index in [0.717, 1.165) is 16.5 Å². The van der Waals surface area contributed by atoms with E-state index in [2.05, 4.69) is 42.8 Å². The normalized spacial score (nSPS) is 11.6. The van der Waals surface area contributed by atoms with Crippen LogP contribution in [0.5, 0.6) is 0 Å². The fourth-order valence-corrected chi connectivity index (χ4v) is 4.66. The van der Waals surface area contributed by atoms with Crippen LogP contribution < -0.4 is 10.0 Å². The number of thiol groups is 1. The van der Waals surface area contributed by atoms with E-state index in [4.69, 9.17) is 11.6 Å². The number of nitrogens with one attached hydrogen (secondary N) is 3. The fraction of sp³-hybridized carbons (Fsp3) is 0.0556. The van der Waals surface area contributed by atoms with Crippen molar-refractivity contribution in [2.24, 2.45) is 0 Å². The Morgan fingerprint density at radius 3 is 2.86 bits per heavy atom. The molecule has 4 aromatic rings. The van der Waals surface area contributed by atoms with Crippen molar-refractivity contribution in [3.63, 3.8) is 0 Å². The van der Waals surface area contributed by atoms with Gasteiger partial charge in [-0.3, -0.25) is 4.98 Å². The number of pyridine rings is 1. The van der Waals surface area contributed by atoms with E-state index in [1.165, 1.54) is 12.1 Å². The van der Waals surface area contributed by atoms with Gasteiger partial charge in [-0.05, 0) is 36.8 Å². The monoisotopic (exact) mass is 446 g/mol. The predicted octanol–water partition coefficient (Wildman–Crippen LogP) is 4.15. The Balaban J connectivity index is 1.59. The van der Waals surface area contributed by atoms with E-state index in [1.54, 1.807) is 19.3 Å². The lowest BCUT2D eigenvalue weighted by Gasteiger charge is -2.09. The second-order valence-corrected chi connectivity index (χ2v) is 8.75. The van der Waals surface area contributed by atoms with Crippen molar-refractivity contribution in [3.8, 4) is 0 Å². The van der Waals surface area contributed by atoms with Crippen molar-refractivity contribution in [3.05, 3.63) is 59.4 Å². The molecule has 0 saturated heterocycles. The second-order valence-electron chi connectivity index (χ2n) is 6.21. The van der Waals surface area contributed by atoms with Gasteiger partial charge in [-0.2, -0.15) is 4.98 Å². The SMILES string of the molecule is Cc1cc(S(=O)(=O)Nc2n[nH]c(Nc3cccc4cnccc34)n2)c(S)cc1Cl. The van der Waals surface area contributed by atoms with Gasteiger partial charge in [0.25, 0.3) is 16.0 Å². The number of anilines is 3. The number of hydrogen-bond acceptors (Lipinski definition) is 7. The van der Waals surface area contributed by atoms with Crippen LogP contribution in [-0.2, 0) is 10.0 Å². The van der Waals surface area contributed by atoms with E-state index in [-0.39, 0.29) is 21.7 Å². The topological polar surface area (TPSA) is 113 Å². The van der Waals surface area contributed by atoms with E-state index in [0.29, 0.717) is 10.6 Å². The number of nitrogens with zero attached hydrogens (tertiary/aromatic N) is 3. The summed E-state index contributed by atoms with van der Waals surface area (Å²) in [6, 6.07) is 10.5. The summed E-state index contributed by atoms with van der Waals surface area (Å²) < 4.78 is 27.8. The molecule has 8 nitrogen and oxygen atoms in total. The molecule has 0 aliphatic carbocycles. The molecule has 0 unspecified atom stereocenters. The van der Waals surface area contributed by atoms with Gasteiger partial charge in [0, 0.05) is 38.8 Å². The van der Waals surface area contributed by atoms with E-state index < -0.39 is 10.0 Å². The van der Waals surface area contributed by atoms with Gasteiger partial charge < -0.3 is 5.32 Å². The van der Waals surface area contributed by atoms with Crippen LogP contribution in [0, 0.1) is 6.92 Å². The molecule has 11 heteroatoms. The highest BCUT2D eigenvalue weighted by atomic mass is 35.5. The largest absolute Gasteiger partial charge is 0.324 e. The molecule has 0 radical (unpaired) electrons. The van der Waals surface area contributed by atoms with Gasteiger partial charge in [-0.25, -0.2) is 18.2 Å². The summed E-state index contributed by atoms with van der Waals surface area (Å²) in [7, 11) is -3.94. The zero-order valence-corrected chi connectivity index (χ0v) is 17.5. The zero-order chi connectivity index (χ0) is 20.6. The van der Waals surface area contributed by atoms with E-state index in [1.807, 2.05) is 24.3 Å². The molecule has 29 heavy (non-hydrogen) atoms. The van der Waals surface area contributed by atoms with Gasteiger partial charge in [-0.15, -0.1) is 17.7 Å². The Bertz CT molecular complexity index is 1320. The van der Waals surface area contributed by atoms with Crippen LogP contribution in [0.3, 0.4) is 0 Å². The maximum atomic E-state index is 12.7. The maximum Gasteiger partial charge on any atom is 0.265 e. The minimum atomic E-state index is -3.94. The molecular weight excluding hydrogens is 432 g/mol. The average molecular weight is 447 g/mol. The first-order valence-electron chi connectivity index (χ1n) is 8.37. The number of rotatable bonds is 5. The first kappa shape index (κ1) is 19.5. The molecule has 4 rings (SSSR count). The van der Waals surface area contributed by atoms with Crippen molar-refractivity contribution in [1.29, 1.82) is 0 Å². The van der Waals surface area contributed by atoms with Crippen LogP contribution in [0.1, 0.15) is 5.56 Å². The highest BCUT2D eigenvalue weighted by molar-refractivity contribution is 7.93. The van der Waals surface area contributed by atoms with Gasteiger partial charge >= 0.3 is 0 Å². The number of halogens is 1. The summed E-state index contributed by atoms with van der Waals surface area (Å²) in [6.07, 6.45) is 3.44. The summed E-state index contributed by atoms with van der Waals surface area (Å²) in [5.41, 5.74) is 1.40. The number of benzene rings is 2. The van der Waals surface area contributed by atoms with Crippen molar-refractivity contribution >= 4 is 62.6 Å². The van der Waals surface area contributed by atoms with E-state index >= 15 is 0 Å². The lowest BCUT2D eigenvalue weighted by atomic mass is 10.1. The number of aryl methyl sites for hydroxylation is 1. The summed E-state index contributed by atoms with van der Waals surface area (Å²) >= 11 is 10.2. The quantitative estimate of drug-likeness (QED) is 0.342. The van der Waals surface area contributed by atoms with Crippen LogP contribution in [-0.4, -0.2) is 28.6 Å². The summed E-state index contributed by atoms with van der Waals surface area (Å²) in [4.78, 5) is 8.47. The third-order valence-electron chi connectivity index (χ3n) is 4.17. The molecule has 0 aliphatic rings. The summed E-state index contributed by atoms with van der Waals surface area (Å²) in [5.74, 6) is 0.181. The molecule has 0 bridgehead atoms. The Hall–Kier alpha value is -2.82. The van der Waals surface area contributed by atoms with Crippen LogP contribution in [0.4, 0.5) is 17.6 Å². The lowest BCUT2D eigenvalue weighted by molar-refractivity contribution is 0.599. The zero-order valence-electron chi connectivity index (χ0n) is 15.0. The lowest BCUT2D eigenvalue weighted by Crippen LogP contribution is -2.15. The van der Waals surface area contributed by atoms with Gasteiger partial charge in [0.05, 0.1) is 0 Å². The number of aromatic nitrogens is 4. The first-order chi connectivity index (χ1) is 13.8. The van der Waals surface area contributed by atoms with Gasteiger partial charge in [0.15, 0.2) is 0 Å². The van der Waals surface area contributed by atoms with Crippen LogP contribution in [0.25, 0.3) is 10.8 Å². The van der Waals surface area contributed by atoms with Crippen LogP contribution in [0.15, 0.2) is 58.6 Å². The Kier molecular flexibility index (Phi) is 5.07. The molecule has 2 aromatic heterocycles. The second kappa shape index (κ2) is 7.54. The van der Waals surface area contributed by atoms with E-state index in [9.17, 15) is 8.42 Å². The number of hydrogen-bond donors (Lipinski definition) is 4. The molecule has 0 saturated carbocycles. The number of sulfonamides is 1. The number of aromatic amines is 1. The van der Waals surface area contributed by atoms with Gasteiger partial charge in [0.2, 0.25) is 5.95 Å². The third kappa shape index (κ3) is 4.00. The smallest absolute Gasteiger partial charge is 0.265 e.